The minimum absolute atomic E-state index is 0.629. The first kappa shape index (κ1) is 21.5. The van der Waals surface area contributed by atoms with E-state index < -0.39 is 0 Å². The summed E-state index contributed by atoms with van der Waals surface area (Å²) < 4.78 is 0. The average Bonchev–Trinajstić information content (AvgIpc) is 2.98. The molecule has 36 heavy (non-hydrogen) atoms. The molecule has 0 saturated heterocycles. The van der Waals surface area contributed by atoms with E-state index in [2.05, 4.69) is 28.2 Å². The lowest BCUT2D eigenvalue weighted by Crippen LogP contribution is -2.00. The van der Waals surface area contributed by atoms with Gasteiger partial charge in [-0.25, -0.2) is 15.0 Å². The Morgan fingerprint density at radius 1 is 0.389 bits per heavy atom. The van der Waals surface area contributed by atoms with Crippen LogP contribution in [0.2, 0.25) is 0 Å². The monoisotopic (exact) mass is 463 g/mol. The van der Waals surface area contributed by atoms with E-state index in [9.17, 15) is 0 Å². The maximum absolute atomic E-state index is 4.84. The van der Waals surface area contributed by atoms with Gasteiger partial charge in [0.1, 0.15) is 0 Å². The lowest BCUT2D eigenvalue weighted by molar-refractivity contribution is 1.07. The molecule has 170 valence electrons. The molecule has 0 fully saturated rings. The molecule has 5 heteroatoms. The molecule has 0 aliphatic rings. The number of benzene rings is 3. The highest BCUT2D eigenvalue weighted by molar-refractivity contribution is 5.73. The van der Waals surface area contributed by atoms with Gasteiger partial charge in [-0.2, -0.15) is 0 Å². The van der Waals surface area contributed by atoms with Crippen molar-refractivity contribution in [3.8, 4) is 56.5 Å². The fourth-order valence-corrected chi connectivity index (χ4v) is 4.03. The van der Waals surface area contributed by atoms with Crippen LogP contribution in [0.5, 0.6) is 0 Å². The van der Waals surface area contributed by atoms with Crippen molar-refractivity contribution in [2.45, 2.75) is 0 Å². The van der Waals surface area contributed by atoms with E-state index in [0.717, 1.165) is 39.1 Å². The van der Waals surface area contributed by atoms with Gasteiger partial charge in [-0.05, 0) is 29.8 Å². The third kappa shape index (κ3) is 4.50. The van der Waals surface area contributed by atoms with Crippen LogP contribution in [0.1, 0.15) is 0 Å². The number of aromatic nitrogens is 5. The largest absolute Gasteiger partial charge is 0.264 e. The zero-order chi connectivity index (χ0) is 24.2. The van der Waals surface area contributed by atoms with Crippen molar-refractivity contribution in [1.29, 1.82) is 0 Å². The lowest BCUT2D eigenvalue weighted by Gasteiger charge is -2.10. The van der Waals surface area contributed by atoms with Crippen LogP contribution in [-0.4, -0.2) is 24.9 Å². The molecule has 3 aromatic heterocycles. The number of hydrogen-bond acceptors (Lipinski definition) is 5. The first-order valence-corrected chi connectivity index (χ1v) is 11.7. The highest BCUT2D eigenvalue weighted by atomic mass is 15.0. The van der Waals surface area contributed by atoms with Crippen LogP contribution in [0, 0.1) is 0 Å². The first-order chi connectivity index (χ1) is 17.8. The molecule has 6 aromatic rings. The van der Waals surface area contributed by atoms with E-state index in [1.807, 2.05) is 103 Å². The highest BCUT2D eigenvalue weighted by Gasteiger charge is 2.13. The normalized spacial score (nSPS) is 10.8. The van der Waals surface area contributed by atoms with E-state index >= 15 is 0 Å². The van der Waals surface area contributed by atoms with Crippen LogP contribution >= 0.6 is 0 Å². The third-order valence-electron chi connectivity index (χ3n) is 5.87. The van der Waals surface area contributed by atoms with Gasteiger partial charge in [-0.15, -0.1) is 0 Å². The summed E-state index contributed by atoms with van der Waals surface area (Å²) in [6, 6.07) is 36.2. The van der Waals surface area contributed by atoms with E-state index in [1.165, 1.54) is 0 Å². The number of rotatable bonds is 5. The van der Waals surface area contributed by atoms with Gasteiger partial charge in [0.15, 0.2) is 17.5 Å². The van der Waals surface area contributed by atoms with Crippen LogP contribution in [0.3, 0.4) is 0 Å². The minimum atomic E-state index is 0.629. The van der Waals surface area contributed by atoms with Gasteiger partial charge in [0.25, 0.3) is 0 Å². The molecule has 0 saturated carbocycles. The zero-order valence-electron chi connectivity index (χ0n) is 19.4. The molecule has 0 radical (unpaired) electrons. The molecule has 0 aliphatic carbocycles. The second kappa shape index (κ2) is 9.68. The Kier molecular flexibility index (Phi) is 5.78. The van der Waals surface area contributed by atoms with Gasteiger partial charge in [-0.1, -0.05) is 84.9 Å². The number of hydrogen-bond donors (Lipinski definition) is 0. The molecule has 0 atom stereocenters. The van der Waals surface area contributed by atoms with E-state index in [4.69, 9.17) is 15.0 Å². The molecular formula is C31H21N5. The molecular weight excluding hydrogens is 442 g/mol. The summed E-state index contributed by atoms with van der Waals surface area (Å²) in [6.45, 7) is 0. The maximum atomic E-state index is 4.84. The first-order valence-electron chi connectivity index (χ1n) is 11.7. The molecule has 0 amide bonds. The van der Waals surface area contributed by atoms with E-state index in [1.54, 1.807) is 6.20 Å². The second-order valence-corrected chi connectivity index (χ2v) is 8.29. The summed E-state index contributed by atoms with van der Waals surface area (Å²) in [5.41, 5.74) is 6.76. The Morgan fingerprint density at radius 2 is 0.972 bits per heavy atom. The summed E-state index contributed by atoms with van der Waals surface area (Å²) in [6.07, 6.45) is 5.47. The second-order valence-electron chi connectivity index (χ2n) is 8.29. The average molecular weight is 464 g/mol. The standard InChI is InChI=1S/C31H21N5/c1-3-9-22(10-4-1)29-34-30(23-11-5-2-6-12-23)36-31(35-29)25-14-7-13-24(19-25)26-16-17-28(33-21-26)27-15-8-18-32-20-27/h1-21H. The molecule has 6 rings (SSSR count). The van der Waals surface area contributed by atoms with Crippen LogP contribution < -0.4 is 0 Å². The Balaban J connectivity index is 1.41. The predicted octanol–water partition coefficient (Wildman–Crippen LogP) is 7.00. The third-order valence-corrected chi connectivity index (χ3v) is 5.87. The van der Waals surface area contributed by atoms with Gasteiger partial charge < -0.3 is 0 Å². The maximum Gasteiger partial charge on any atom is 0.164 e. The van der Waals surface area contributed by atoms with Crippen molar-refractivity contribution >= 4 is 0 Å². The zero-order valence-corrected chi connectivity index (χ0v) is 19.4. The Labute approximate surface area is 209 Å². The molecule has 0 N–H and O–H groups in total. The van der Waals surface area contributed by atoms with E-state index in [-0.39, 0.29) is 0 Å². The van der Waals surface area contributed by atoms with Crippen LogP contribution in [-0.2, 0) is 0 Å². The molecule has 0 aliphatic heterocycles. The molecule has 5 nitrogen and oxygen atoms in total. The summed E-state index contributed by atoms with van der Waals surface area (Å²) in [5.74, 6) is 1.92. The molecule has 0 bridgehead atoms. The predicted molar refractivity (Wildman–Crippen MR) is 143 cm³/mol. The number of nitrogens with zero attached hydrogens (tertiary/aromatic N) is 5. The van der Waals surface area contributed by atoms with Gasteiger partial charge >= 0.3 is 0 Å². The fourth-order valence-electron chi connectivity index (χ4n) is 4.03. The van der Waals surface area contributed by atoms with Crippen molar-refractivity contribution < 1.29 is 0 Å². The number of pyridine rings is 2. The Morgan fingerprint density at radius 3 is 1.56 bits per heavy atom. The van der Waals surface area contributed by atoms with Crippen molar-refractivity contribution in [2.75, 3.05) is 0 Å². The highest BCUT2D eigenvalue weighted by Crippen LogP contribution is 2.28. The molecule has 3 heterocycles. The van der Waals surface area contributed by atoms with Crippen LogP contribution in [0.25, 0.3) is 56.5 Å². The smallest absolute Gasteiger partial charge is 0.164 e. The molecule has 3 aromatic carbocycles. The van der Waals surface area contributed by atoms with Gasteiger partial charge in [0.2, 0.25) is 0 Å². The fraction of sp³-hybridized carbons (Fsp3) is 0. The van der Waals surface area contributed by atoms with Crippen molar-refractivity contribution in [3.05, 3.63) is 128 Å². The Bertz CT molecular complexity index is 1540. The van der Waals surface area contributed by atoms with Gasteiger partial charge in [0, 0.05) is 46.4 Å². The topological polar surface area (TPSA) is 64.5 Å². The summed E-state index contributed by atoms with van der Waals surface area (Å²) in [5, 5.41) is 0. The van der Waals surface area contributed by atoms with Crippen molar-refractivity contribution in [1.82, 2.24) is 24.9 Å². The van der Waals surface area contributed by atoms with Crippen molar-refractivity contribution in [3.63, 3.8) is 0 Å². The summed E-state index contributed by atoms with van der Waals surface area (Å²) >= 11 is 0. The molecule has 0 unspecified atom stereocenters. The van der Waals surface area contributed by atoms with Crippen LogP contribution in [0.15, 0.2) is 128 Å². The lowest BCUT2D eigenvalue weighted by atomic mass is 10.0. The van der Waals surface area contributed by atoms with Crippen molar-refractivity contribution in [2.24, 2.45) is 0 Å². The Hall–Kier alpha value is -5.03. The summed E-state index contributed by atoms with van der Waals surface area (Å²) in [4.78, 5) is 23.3. The molecule has 0 spiro atoms. The quantitative estimate of drug-likeness (QED) is 0.275. The summed E-state index contributed by atoms with van der Waals surface area (Å²) in [7, 11) is 0. The van der Waals surface area contributed by atoms with E-state index in [0.29, 0.717) is 17.5 Å². The van der Waals surface area contributed by atoms with Gasteiger partial charge in [-0.3, -0.25) is 9.97 Å². The van der Waals surface area contributed by atoms with Gasteiger partial charge in [0.05, 0.1) is 5.69 Å². The SMILES string of the molecule is c1ccc(-c2nc(-c3ccccc3)nc(-c3cccc(-c4ccc(-c5cccnc5)nc4)c3)n2)cc1. The minimum Gasteiger partial charge on any atom is -0.264 e. The van der Waals surface area contributed by atoms with Crippen LogP contribution in [0.4, 0.5) is 0 Å².